The fourth-order valence-corrected chi connectivity index (χ4v) is 1.40. The van der Waals surface area contributed by atoms with Gasteiger partial charge >= 0.3 is 18.3 Å². The maximum Gasteiger partial charge on any atom is 0.490 e. The molecule has 0 saturated carbocycles. The van der Waals surface area contributed by atoms with Crippen molar-refractivity contribution in [2.75, 3.05) is 0 Å². The molecule has 106 valence electrons. The third-order valence-electron chi connectivity index (χ3n) is 1.93. The van der Waals surface area contributed by atoms with Crippen LogP contribution in [0.15, 0.2) is 28.7 Å². The zero-order chi connectivity index (χ0) is 14.8. The Morgan fingerprint density at radius 2 is 1.53 bits per heavy atom. The maximum atomic E-state index is 12.6. The second kappa shape index (κ2) is 5.40. The van der Waals surface area contributed by atoms with Crippen molar-refractivity contribution in [3.8, 4) is 0 Å². The number of esters is 1. The normalized spacial score (nSPS) is 14.1. The van der Waals surface area contributed by atoms with E-state index < -0.39 is 30.0 Å². The Hall–Kier alpha value is -1.25. The van der Waals surface area contributed by atoms with Crippen molar-refractivity contribution in [1.82, 2.24) is 0 Å². The molecule has 1 atom stereocenters. The number of carbonyl (C=O) groups is 1. The van der Waals surface area contributed by atoms with Crippen LogP contribution >= 0.6 is 15.9 Å². The highest BCUT2D eigenvalue weighted by Gasteiger charge is 2.49. The second-order valence-electron chi connectivity index (χ2n) is 3.38. The van der Waals surface area contributed by atoms with Crippen LogP contribution in [-0.2, 0) is 9.53 Å². The molecule has 0 bridgehead atoms. The molecule has 0 heterocycles. The van der Waals surface area contributed by atoms with Gasteiger partial charge in [-0.1, -0.05) is 28.1 Å². The summed E-state index contributed by atoms with van der Waals surface area (Å²) in [6.45, 7) is 0. The van der Waals surface area contributed by atoms with E-state index in [0.717, 1.165) is 12.1 Å². The van der Waals surface area contributed by atoms with Gasteiger partial charge in [0.05, 0.1) is 0 Å². The summed E-state index contributed by atoms with van der Waals surface area (Å²) in [5.41, 5.74) is -0.603. The summed E-state index contributed by atoms with van der Waals surface area (Å²) in [5.74, 6) is -2.89. The van der Waals surface area contributed by atoms with Gasteiger partial charge in [0, 0.05) is 10.0 Å². The molecule has 0 aliphatic rings. The number of benzene rings is 1. The smallest absolute Gasteiger partial charge is 0.441 e. The molecule has 0 amide bonds. The first-order valence-electron chi connectivity index (χ1n) is 4.62. The van der Waals surface area contributed by atoms with E-state index in [9.17, 15) is 31.1 Å². The summed E-state index contributed by atoms with van der Waals surface area (Å²) in [5, 5.41) is 0. The summed E-state index contributed by atoms with van der Waals surface area (Å²) >= 11 is 2.96. The van der Waals surface area contributed by atoms with Gasteiger partial charge in [0.2, 0.25) is 6.10 Å². The predicted molar refractivity (Wildman–Crippen MR) is 55.1 cm³/mol. The summed E-state index contributed by atoms with van der Waals surface area (Å²) in [6, 6.07) is 4.20. The molecule has 2 nitrogen and oxygen atoms in total. The molecule has 0 fully saturated rings. The number of halogens is 7. The average Bonchev–Trinajstić information content (AvgIpc) is 2.24. The molecule has 0 spiro atoms. The maximum absolute atomic E-state index is 12.6. The number of ether oxygens (including phenoxy) is 1. The Morgan fingerprint density at radius 3 is 1.89 bits per heavy atom. The molecule has 9 heteroatoms. The van der Waals surface area contributed by atoms with Gasteiger partial charge in [-0.25, -0.2) is 4.79 Å². The van der Waals surface area contributed by atoms with Crippen molar-refractivity contribution in [3.05, 3.63) is 34.3 Å². The van der Waals surface area contributed by atoms with E-state index in [-0.39, 0.29) is 0 Å². The third kappa shape index (κ3) is 4.41. The minimum absolute atomic E-state index is 0.430. The summed E-state index contributed by atoms with van der Waals surface area (Å²) in [7, 11) is 0. The monoisotopic (exact) mass is 350 g/mol. The molecule has 0 aromatic heterocycles. The minimum atomic E-state index is -5.49. The van der Waals surface area contributed by atoms with Crippen LogP contribution in [0.3, 0.4) is 0 Å². The van der Waals surface area contributed by atoms with Crippen LogP contribution in [-0.4, -0.2) is 18.3 Å². The molecule has 1 unspecified atom stereocenters. The highest BCUT2D eigenvalue weighted by atomic mass is 79.9. The van der Waals surface area contributed by atoms with Crippen molar-refractivity contribution in [1.29, 1.82) is 0 Å². The highest BCUT2D eigenvalue weighted by molar-refractivity contribution is 9.10. The first-order chi connectivity index (χ1) is 8.51. The lowest BCUT2D eigenvalue weighted by Crippen LogP contribution is -2.32. The molecular formula is C10H5BrF6O2. The van der Waals surface area contributed by atoms with Crippen LogP contribution in [0, 0.1) is 0 Å². The quantitative estimate of drug-likeness (QED) is 0.591. The van der Waals surface area contributed by atoms with Gasteiger partial charge in [0.15, 0.2) is 0 Å². The van der Waals surface area contributed by atoms with E-state index in [1.165, 1.54) is 12.1 Å². The molecule has 0 N–H and O–H groups in total. The average molecular weight is 351 g/mol. The number of alkyl halides is 6. The topological polar surface area (TPSA) is 26.3 Å². The predicted octanol–water partition coefficient (Wildman–Crippen LogP) is 4.16. The van der Waals surface area contributed by atoms with Gasteiger partial charge in [0.25, 0.3) is 0 Å². The fraction of sp³-hybridized carbons (Fsp3) is 0.300. The zero-order valence-electron chi connectivity index (χ0n) is 8.85. The Morgan fingerprint density at radius 1 is 1.05 bits per heavy atom. The lowest BCUT2D eigenvalue weighted by Gasteiger charge is -2.21. The number of hydrogen-bond donors (Lipinski definition) is 0. The van der Waals surface area contributed by atoms with Crippen LogP contribution in [0.4, 0.5) is 26.3 Å². The Balaban J connectivity index is 3.04. The van der Waals surface area contributed by atoms with Crippen molar-refractivity contribution < 1.29 is 35.9 Å². The van der Waals surface area contributed by atoms with Crippen LogP contribution in [0.5, 0.6) is 0 Å². The van der Waals surface area contributed by atoms with E-state index in [2.05, 4.69) is 20.7 Å². The molecule has 0 saturated heterocycles. The molecule has 0 radical (unpaired) electrons. The van der Waals surface area contributed by atoms with Gasteiger partial charge in [-0.15, -0.1) is 0 Å². The van der Waals surface area contributed by atoms with Crippen LogP contribution in [0.25, 0.3) is 0 Å². The molecular weight excluding hydrogens is 346 g/mol. The van der Waals surface area contributed by atoms with Crippen LogP contribution < -0.4 is 0 Å². The van der Waals surface area contributed by atoms with E-state index in [1.807, 2.05) is 0 Å². The Bertz CT molecular complexity index is 451. The van der Waals surface area contributed by atoms with Crippen molar-refractivity contribution in [3.63, 3.8) is 0 Å². The van der Waals surface area contributed by atoms with Crippen molar-refractivity contribution in [2.45, 2.75) is 18.5 Å². The van der Waals surface area contributed by atoms with Gasteiger partial charge in [-0.3, -0.25) is 0 Å². The molecule has 1 aromatic carbocycles. The summed E-state index contributed by atoms with van der Waals surface area (Å²) in [4.78, 5) is 10.5. The second-order valence-corrected chi connectivity index (χ2v) is 4.29. The molecule has 0 aliphatic heterocycles. The SMILES string of the molecule is O=C(OC(c1ccc(Br)cc1)C(F)(F)F)C(F)(F)F. The van der Waals surface area contributed by atoms with Crippen LogP contribution in [0.2, 0.25) is 0 Å². The van der Waals surface area contributed by atoms with Crippen molar-refractivity contribution in [2.24, 2.45) is 0 Å². The highest BCUT2D eigenvalue weighted by Crippen LogP contribution is 2.37. The molecule has 0 aliphatic carbocycles. The molecule has 19 heavy (non-hydrogen) atoms. The lowest BCUT2D eigenvalue weighted by molar-refractivity contribution is -0.247. The van der Waals surface area contributed by atoms with E-state index in [4.69, 9.17) is 0 Å². The van der Waals surface area contributed by atoms with E-state index >= 15 is 0 Å². The van der Waals surface area contributed by atoms with E-state index in [1.54, 1.807) is 0 Å². The largest absolute Gasteiger partial charge is 0.490 e. The van der Waals surface area contributed by atoms with Gasteiger partial charge in [-0.05, 0) is 12.1 Å². The number of hydrogen-bond acceptors (Lipinski definition) is 2. The summed E-state index contributed by atoms with van der Waals surface area (Å²) in [6.07, 6.45) is -13.6. The fourth-order valence-electron chi connectivity index (χ4n) is 1.14. The van der Waals surface area contributed by atoms with Gasteiger partial charge in [-0.2, -0.15) is 26.3 Å². The molecule has 1 aromatic rings. The zero-order valence-corrected chi connectivity index (χ0v) is 10.4. The number of carbonyl (C=O) groups excluding carboxylic acids is 1. The van der Waals surface area contributed by atoms with Crippen molar-refractivity contribution >= 4 is 21.9 Å². The Labute approximate surface area is 111 Å². The molecule has 1 rings (SSSR count). The van der Waals surface area contributed by atoms with E-state index in [0.29, 0.717) is 4.47 Å². The minimum Gasteiger partial charge on any atom is -0.441 e. The first-order valence-corrected chi connectivity index (χ1v) is 5.41. The van der Waals surface area contributed by atoms with Gasteiger partial charge in [0.1, 0.15) is 0 Å². The Kier molecular flexibility index (Phi) is 4.49. The standard InChI is InChI=1S/C10H5BrF6O2/c11-6-3-1-5(2-4-6)7(9(12,13)14)19-8(18)10(15,16)17/h1-4,7H. The van der Waals surface area contributed by atoms with Crippen LogP contribution in [0.1, 0.15) is 11.7 Å². The first kappa shape index (κ1) is 15.8. The number of rotatable bonds is 2. The summed E-state index contributed by atoms with van der Waals surface area (Å²) < 4.78 is 77.5. The van der Waals surface area contributed by atoms with Gasteiger partial charge < -0.3 is 4.74 Å². The third-order valence-corrected chi connectivity index (χ3v) is 2.46. The lowest BCUT2D eigenvalue weighted by atomic mass is 10.1.